The summed E-state index contributed by atoms with van der Waals surface area (Å²) in [6.07, 6.45) is -0.319. The van der Waals surface area contributed by atoms with Crippen LogP contribution in [0.25, 0.3) is 0 Å². The molecule has 1 heterocycles. The third kappa shape index (κ3) is 2.61. The Morgan fingerprint density at radius 3 is 2.39 bits per heavy atom. The average Bonchev–Trinajstić information content (AvgIpc) is 2.75. The molecule has 2 unspecified atom stereocenters. The Morgan fingerprint density at radius 1 is 1.09 bits per heavy atom. The molecule has 0 amide bonds. The molecule has 0 fully saturated rings. The van der Waals surface area contributed by atoms with Gasteiger partial charge in [-0.3, -0.25) is 0 Å². The molecule has 0 bridgehead atoms. The number of carbonyl (C=O) groups is 1. The monoisotopic (exact) mass is 309 g/mol. The highest BCUT2D eigenvalue weighted by Gasteiger charge is 2.44. The number of ether oxygens (including phenoxy) is 1. The second kappa shape index (κ2) is 5.73. The van der Waals surface area contributed by atoms with Gasteiger partial charge >= 0.3 is 5.97 Å². The molecule has 120 valence electrons. The number of carbonyl (C=O) groups excluding carboxylic acids is 1. The zero-order chi connectivity index (χ0) is 16.6. The predicted molar refractivity (Wildman–Crippen MR) is 92.7 cm³/mol. The Hall–Kier alpha value is -2.29. The van der Waals surface area contributed by atoms with Gasteiger partial charge in [0.1, 0.15) is 0 Å². The number of nitrogens with zero attached hydrogens (tertiary/aromatic N) is 1. The van der Waals surface area contributed by atoms with Crippen molar-refractivity contribution in [3.63, 3.8) is 0 Å². The van der Waals surface area contributed by atoms with Crippen molar-refractivity contribution in [3.8, 4) is 0 Å². The smallest absolute Gasteiger partial charge is 0.340 e. The van der Waals surface area contributed by atoms with Crippen LogP contribution in [0.4, 0.5) is 5.69 Å². The molecule has 0 aliphatic carbocycles. The molecule has 0 N–H and O–H groups in total. The van der Waals surface area contributed by atoms with E-state index < -0.39 is 0 Å². The molecule has 2 aromatic carbocycles. The Bertz CT molecular complexity index is 709. The number of esters is 1. The lowest BCUT2D eigenvalue weighted by molar-refractivity contribution is 0.0315. The molecule has 3 nitrogen and oxygen atoms in total. The van der Waals surface area contributed by atoms with Gasteiger partial charge in [0, 0.05) is 17.1 Å². The summed E-state index contributed by atoms with van der Waals surface area (Å²) in [5, 5.41) is 0. The van der Waals surface area contributed by atoms with E-state index in [4.69, 9.17) is 4.74 Å². The molecule has 1 aliphatic heterocycles. The normalized spacial score (nSPS) is 20.0. The van der Waals surface area contributed by atoms with E-state index in [9.17, 15) is 4.79 Å². The van der Waals surface area contributed by atoms with Crippen LogP contribution in [0.5, 0.6) is 0 Å². The second-order valence-corrected chi connectivity index (χ2v) is 6.69. The average molecular weight is 309 g/mol. The lowest BCUT2D eigenvalue weighted by atomic mass is 9.81. The van der Waals surface area contributed by atoms with Crippen molar-refractivity contribution in [1.29, 1.82) is 0 Å². The van der Waals surface area contributed by atoms with Crippen LogP contribution < -0.4 is 4.90 Å². The van der Waals surface area contributed by atoms with Crippen LogP contribution in [0, 0.1) is 0 Å². The zero-order valence-electron chi connectivity index (χ0n) is 14.1. The van der Waals surface area contributed by atoms with E-state index in [1.165, 1.54) is 5.56 Å². The molecule has 23 heavy (non-hydrogen) atoms. The number of rotatable bonds is 3. The largest absolute Gasteiger partial charge is 0.438 e. The van der Waals surface area contributed by atoms with E-state index in [1.54, 1.807) is 12.1 Å². The van der Waals surface area contributed by atoms with Crippen molar-refractivity contribution < 1.29 is 9.53 Å². The van der Waals surface area contributed by atoms with Crippen molar-refractivity contribution in [2.24, 2.45) is 0 Å². The number of para-hydroxylation sites is 1. The molecule has 2 atom stereocenters. The Kier molecular flexibility index (Phi) is 3.88. The van der Waals surface area contributed by atoms with Crippen LogP contribution in [-0.2, 0) is 10.2 Å². The minimum atomic E-state index is -0.319. The molecule has 1 aliphatic rings. The fourth-order valence-corrected chi connectivity index (χ4v) is 3.39. The van der Waals surface area contributed by atoms with E-state index in [0.29, 0.717) is 5.56 Å². The van der Waals surface area contributed by atoms with Gasteiger partial charge in [0.15, 0.2) is 6.23 Å². The maximum absolute atomic E-state index is 12.3. The van der Waals surface area contributed by atoms with Gasteiger partial charge in [0.2, 0.25) is 0 Å². The molecule has 0 aromatic heterocycles. The number of hydrogen-bond donors (Lipinski definition) is 0. The van der Waals surface area contributed by atoms with Crippen molar-refractivity contribution >= 4 is 11.7 Å². The number of benzene rings is 2. The second-order valence-electron chi connectivity index (χ2n) is 6.69. The van der Waals surface area contributed by atoms with Gasteiger partial charge in [-0.15, -0.1) is 0 Å². The summed E-state index contributed by atoms with van der Waals surface area (Å²) in [7, 11) is 0. The lowest BCUT2D eigenvalue weighted by Gasteiger charge is -2.35. The first kappa shape index (κ1) is 15.6. The van der Waals surface area contributed by atoms with Gasteiger partial charge in [0.25, 0.3) is 0 Å². The van der Waals surface area contributed by atoms with Crippen LogP contribution in [-0.4, -0.2) is 18.2 Å². The molecular weight excluding hydrogens is 286 g/mol. The van der Waals surface area contributed by atoms with E-state index in [1.807, 2.05) is 31.2 Å². The summed E-state index contributed by atoms with van der Waals surface area (Å²) in [5.74, 6) is -0.285. The lowest BCUT2D eigenvalue weighted by Crippen LogP contribution is -2.45. The third-order valence-electron chi connectivity index (χ3n) is 5.02. The summed E-state index contributed by atoms with van der Waals surface area (Å²) in [5.41, 5.74) is 3.05. The molecule has 0 saturated carbocycles. The zero-order valence-corrected chi connectivity index (χ0v) is 14.1. The van der Waals surface area contributed by atoms with Crippen LogP contribution in [0.1, 0.15) is 43.6 Å². The van der Waals surface area contributed by atoms with Crippen LogP contribution in [0.3, 0.4) is 0 Å². The Labute approximate surface area is 137 Å². The molecule has 2 aromatic rings. The topological polar surface area (TPSA) is 29.5 Å². The third-order valence-corrected chi connectivity index (χ3v) is 5.02. The number of anilines is 1. The summed E-state index contributed by atoms with van der Waals surface area (Å²) in [4.78, 5) is 14.5. The minimum absolute atomic E-state index is 0.0179. The van der Waals surface area contributed by atoms with Gasteiger partial charge in [-0.2, -0.15) is 0 Å². The first-order chi connectivity index (χ1) is 10.9. The molecule has 3 heteroatoms. The van der Waals surface area contributed by atoms with Gasteiger partial charge < -0.3 is 9.64 Å². The maximum Gasteiger partial charge on any atom is 0.340 e. The van der Waals surface area contributed by atoms with Gasteiger partial charge in [0.05, 0.1) is 5.56 Å². The predicted octanol–water partition coefficient (Wildman–Crippen LogP) is 4.38. The summed E-state index contributed by atoms with van der Waals surface area (Å²) in [6.45, 7) is 8.60. The number of hydrogen-bond acceptors (Lipinski definition) is 3. The molecule has 0 spiro atoms. The standard InChI is InChI=1S/C20H23NO2/c1-14-20(3,4)17-12-8-9-13-18(17)21(14)15(2)23-19(22)16-10-6-5-7-11-16/h5-15H,1-4H3. The molecule has 3 rings (SSSR count). The van der Waals surface area contributed by atoms with E-state index in [-0.39, 0.29) is 23.7 Å². The highest BCUT2D eigenvalue weighted by atomic mass is 16.6. The first-order valence-electron chi connectivity index (χ1n) is 8.07. The fraction of sp³-hybridized carbons (Fsp3) is 0.350. The van der Waals surface area contributed by atoms with E-state index in [0.717, 1.165) is 5.69 Å². The van der Waals surface area contributed by atoms with Crippen LogP contribution in [0.15, 0.2) is 54.6 Å². The molecule has 0 saturated heterocycles. The Morgan fingerprint density at radius 2 is 1.70 bits per heavy atom. The quantitative estimate of drug-likeness (QED) is 0.788. The van der Waals surface area contributed by atoms with Crippen molar-refractivity contribution in [2.75, 3.05) is 4.90 Å². The summed E-state index contributed by atoms with van der Waals surface area (Å²) in [6, 6.07) is 17.8. The summed E-state index contributed by atoms with van der Waals surface area (Å²) >= 11 is 0. The van der Waals surface area contributed by atoms with Crippen molar-refractivity contribution in [3.05, 3.63) is 65.7 Å². The minimum Gasteiger partial charge on any atom is -0.438 e. The van der Waals surface area contributed by atoms with Crippen molar-refractivity contribution in [2.45, 2.75) is 45.4 Å². The maximum atomic E-state index is 12.3. The van der Waals surface area contributed by atoms with Crippen LogP contribution >= 0.6 is 0 Å². The molecule has 0 radical (unpaired) electrons. The summed E-state index contributed by atoms with van der Waals surface area (Å²) < 4.78 is 5.73. The fourth-order valence-electron chi connectivity index (χ4n) is 3.39. The van der Waals surface area contributed by atoms with Crippen molar-refractivity contribution in [1.82, 2.24) is 0 Å². The van der Waals surface area contributed by atoms with E-state index in [2.05, 4.69) is 43.9 Å². The Balaban J connectivity index is 1.85. The first-order valence-corrected chi connectivity index (χ1v) is 8.07. The van der Waals surface area contributed by atoms with Gasteiger partial charge in [-0.1, -0.05) is 50.2 Å². The van der Waals surface area contributed by atoms with Gasteiger partial charge in [-0.25, -0.2) is 4.79 Å². The van der Waals surface area contributed by atoms with Crippen LogP contribution in [0.2, 0.25) is 0 Å². The van der Waals surface area contributed by atoms with E-state index >= 15 is 0 Å². The highest BCUT2D eigenvalue weighted by molar-refractivity contribution is 5.89. The van der Waals surface area contributed by atoms with Gasteiger partial charge in [-0.05, 0) is 37.6 Å². The molecular formula is C20H23NO2. The number of fused-ring (bicyclic) bond motifs is 1. The highest BCUT2D eigenvalue weighted by Crippen LogP contribution is 2.45. The SMILES string of the molecule is CC(OC(=O)c1ccccc1)N1c2ccccc2C(C)(C)C1C.